The molecule has 34 heavy (non-hydrogen) atoms. The molecule has 0 unspecified atom stereocenters. The first-order chi connectivity index (χ1) is 16.1. The predicted octanol–water partition coefficient (Wildman–Crippen LogP) is 3.87. The van der Waals surface area contributed by atoms with Crippen molar-refractivity contribution in [2.75, 3.05) is 17.3 Å². The number of anilines is 3. The molecule has 2 aromatic heterocycles. The molecule has 4 rings (SSSR count). The number of hydrogen-bond donors (Lipinski definition) is 2. The fraction of sp³-hybridized carbons (Fsp3) is 0.261. The summed E-state index contributed by atoms with van der Waals surface area (Å²) < 4.78 is 40.1. The van der Waals surface area contributed by atoms with Crippen LogP contribution in [0.3, 0.4) is 0 Å². The van der Waals surface area contributed by atoms with Crippen molar-refractivity contribution < 1.29 is 22.8 Å². The van der Waals surface area contributed by atoms with Gasteiger partial charge < -0.3 is 10.6 Å². The van der Waals surface area contributed by atoms with Crippen LogP contribution in [0.25, 0.3) is 0 Å². The van der Waals surface area contributed by atoms with Crippen LogP contribution >= 0.6 is 0 Å². The van der Waals surface area contributed by atoms with E-state index < -0.39 is 23.2 Å². The molecule has 0 spiro atoms. The minimum Gasteiger partial charge on any atom is -0.354 e. The van der Waals surface area contributed by atoms with E-state index in [-0.39, 0.29) is 17.2 Å². The van der Waals surface area contributed by atoms with Gasteiger partial charge in [-0.25, -0.2) is 15.0 Å². The molecule has 1 aromatic carbocycles. The maximum atomic E-state index is 13.4. The van der Waals surface area contributed by atoms with E-state index in [1.807, 2.05) is 0 Å². The van der Waals surface area contributed by atoms with Crippen LogP contribution in [0.2, 0.25) is 0 Å². The zero-order valence-electron chi connectivity index (χ0n) is 18.3. The van der Waals surface area contributed by atoms with Gasteiger partial charge in [-0.1, -0.05) is 12.1 Å². The number of carbonyl (C=O) groups is 2. The van der Waals surface area contributed by atoms with Crippen LogP contribution < -0.4 is 15.5 Å². The summed E-state index contributed by atoms with van der Waals surface area (Å²) in [7, 11) is 1.53. The maximum Gasteiger partial charge on any atom is 0.418 e. The van der Waals surface area contributed by atoms with Crippen molar-refractivity contribution >= 4 is 29.0 Å². The second-order valence-corrected chi connectivity index (χ2v) is 8.05. The fourth-order valence-electron chi connectivity index (χ4n) is 3.52. The van der Waals surface area contributed by atoms with Gasteiger partial charge >= 0.3 is 6.18 Å². The topological polar surface area (TPSA) is 100 Å². The van der Waals surface area contributed by atoms with Gasteiger partial charge in [0, 0.05) is 19.4 Å². The maximum absolute atomic E-state index is 13.4. The van der Waals surface area contributed by atoms with Gasteiger partial charge in [0.1, 0.15) is 17.7 Å². The quantitative estimate of drug-likeness (QED) is 0.568. The van der Waals surface area contributed by atoms with Gasteiger partial charge in [-0.05, 0) is 43.5 Å². The number of amides is 2. The van der Waals surface area contributed by atoms with Crippen LogP contribution in [0.4, 0.5) is 30.4 Å². The highest BCUT2D eigenvalue weighted by Gasteiger charge is 2.53. The largest absolute Gasteiger partial charge is 0.418 e. The summed E-state index contributed by atoms with van der Waals surface area (Å²) in [4.78, 5) is 38.6. The number of hydrogen-bond acceptors (Lipinski definition) is 6. The summed E-state index contributed by atoms with van der Waals surface area (Å²) >= 11 is 0. The third-order valence-corrected chi connectivity index (χ3v) is 5.58. The lowest BCUT2D eigenvalue weighted by Crippen LogP contribution is -2.50. The molecular weight excluding hydrogens is 449 g/mol. The highest BCUT2D eigenvalue weighted by Crippen LogP contribution is 2.39. The Morgan fingerprint density at radius 1 is 1.06 bits per heavy atom. The molecule has 0 aliphatic heterocycles. The van der Waals surface area contributed by atoms with Gasteiger partial charge in [0.25, 0.3) is 11.8 Å². The van der Waals surface area contributed by atoms with Crippen molar-refractivity contribution in [2.24, 2.45) is 0 Å². The van der Waals surface area contributed by atoms with E-state index >= 15 is 0 Å². The number of likely N-dealkylation sites (N-methyl/N-ethyl adjacent to an activating group) is 1. The number of para-hydroxylation sites is 1. The molecule has 1 aliphatic rings. The summed E-state index contributed by atoms with van der Waals surface area (Å²) in [5.74, 6) is -0.504. The van der Waals surface area contributed by atoms with Crippen molar-refractivity contribution in [1.29, 1.82) is 0 Å². The van der Waals surface area contributed by atoms with Crippen molar-refractivity contribution in [3.05, 3.63) is 71.9 Å². The van der Waals surface area contributed by atoms with Crippen molar-refractivity contribution in [3.63, 3.8) is 0 Å². The Bertz CT molecular complexity index is 1210. The summed E-state index contributed by atoms with van der Waals surface area (Å²) in [5.41, 5.74) is -0.863. The number of benzene rings is 1. The SMILES string of the molecule is Cc1cccc(C(F)(F)F)c1Nc1ccc(N(C)C(=O)C2(NC(=O)c3cncnc3)CC2)nc1. The van der Waals surface area contributed by atoms with Crippen molar-refractivity contribution in [3.8, 4) is 0 Å². The predicted molar refractivity (Wildman–Crippen MR) is 119 cm³/mol. The van der Waals surface area contributed by atoms with Gasteiger partial charge in [0.2, 0.25) is 0 Å². The summed E-state index contributed by atoms with van der Waals surface area (Å²) in [6.45, 7) is 1.58. The lowest BCUT2D eigenvalue weighted by molar-refractivity contribution is -0.137. The number of rotatable bonds is 6. The van der Waals surface area contributed by atoms with E-state index in [4.69, 9.17) is 0 Å². The van der Waals surface area contributed by atoms with Gasteiger partial charge in [-0.15, -0.1) is 0 Å². The van der Waals surface area contributed by atoms with Crippen molar-refractivity contribution in [2.45, 2.75) is 31.5 Å². The second-order valence-electron chi connectivity index (χ2n) is 8.05. The van der Waals surface area contributed by atoms with E-state index in [1.54, 1.807) is 13.0 Å². The molecule has 8 nitrogen and oxygen atoms in total. The van der Waals surface area contributed by atoms with E-state index in [0.717, 1.165) is 6.07 Å². The van der Waals surface area contributed by atoms with E-state index in [0.29, 0.717) is 29.9 Å². The minimum absolute atomic E-state index is 0.0569. The van der Waals surface area contributed by atoms with Crippen LogP contribution in [0.15, 0.2) is 55.2 Å². The van der Waals surface area contributed by atoms with Gasteiger partial charge in [-0.3, -0.25) is 14.5 Å². The Kier molecular flexibility index (Phi) is 5.94. The summed E-state index contributed by atoms with van der Waals surface area (Å²) in [5, 5.41) is 5.52. The number of nitrogens with zero attached hydrogens (tertiary/aromatic N) is 4. The molecule has 0 bridgehead atoms. The zero-order valence-corrected chi connectivity index (χ0v) is 18.3. The first-order valence-corrected chi connectivity index (χ1v) is 10.4. The molecule has 11 heteroatoms. The van der Waals surface area contributed by atoms with Crippen LogP contribution in [0.5, 0.6) is 0 Å². The molecule has 1 saturated carbocycles. The fourth-order valence-corrected chi connectivity index (χ4v) is 3.52. The van der Waals surface area contributed by atoms with Gasteiger partial charge in [-0.2, -0.15) is 13.2 Å². The molecule has 176 valence electrons. The highest BCUT2D eigenvalue weighted by atomic mass is 19.4. The minimum atomic E-state index is -4.51. The number of carbonyl (C=O) groups excluding carboxylic acids is 2. The Hall–Kier alpha value is -4.02. The van der Waals surface area contributed by atoms with Crippen LogP contribution in [0, 0.1) is 6.92 Å². The molecule has 0 radical (unpaired) electrons. The number of halogens is 3. The van der Waals surface area contributed by atoms with Gasteiger partial charge in [0.15, 0.2) is 0 Å². The molecule has 1 aliphatic carbocycles. The standard InChI is InChI=1S/C23H21F3N6O2/c1-14-4-3-5-17(23(24,25)26)19(14)30-16-6-7-18(29-12-16)32(2)21(34)22(8-9-22)31-20(33)15-10-27-13-28-11-15/h3-7,10-13,30H,8-9H2,1-2H3,(H,31,33). The number of nitrogens with one attached hydrogen (secondary N) is 2. The molecule has 0 atom stereocenters. The summed E-state index contributed by atoms with van der Waals surface area (Å²) in [6.07, 6.45) is 1.81. The number of alkyl halides is 3. The van der Waals surface area contributed by atoms with Crippen LogP contribution in [-0.2, 0) is 11.0 Å². The zero-order chi connectivity index (χ0) is 24.5. The van der Waals surface area contributed by atoms with Crippen LogP contribution in [0.1, 0.15) is 34.3 Å². The Balaban J connectivity index is 1.47. The molecule has 0 saturated heterocycles. The highest BCUT2D eigenvalue weighted by molar-refractivity contribution is 6.06. The monoisotopic (exact) mass is 470 g/mol. The van der Waals surface area contributed by atoms with E-state index in [2.05, 4.69) is 25.6 Å². The second kappa shape index (κ2) is 8.73. The van der Waals surface area contributed by atoms with E-state index in [1.165, 1.54) is 55.1 Å². The first-order valence-electron chi connectivity index (χ1n) is 10.4. The number of pyridine rings is 1. The Morgan fingerprint density at radius 2 is 1.76 bits per heavy atom. The van der Waals surface area contributed by atoms with Crippen LogP contribution in [-0.4, -0.2) is 39.4 Å². The average Bonchev–Trinajstić information content (AvgIpc) is 3.60. The molecular formula is C23H21F3N6O2. The smallest absolute Gasteiger partial charge is 0.354 e. The third-order valence-electron chi connectivity index (χ3n) is 5.58. The van der Waals surface area contributed by atoms with E-state index in [9.17, 15) is 22.8 Å². The molecule has 3 aromatic rings. The first kappa shape index (κ1) is 23.1. The van der Waals surface area contributed by atoms with Gasteiger partial charge in [0.05, 0.1) is 28.7 Å². The number of aromatic nitrogens is 3. The molecule has 1 fully saturated rings. The third kappa shape index (κ3) is 4.68. The normalized spacial score (nSPS) is 14.3. The molecule has 2 amide bonds. The van der Waals surface area contributed by atoms with Crippen molar-refractivity contribution in [1.82, 2.24) is 20.3 Å². The Labute approximate surface area is 193 Å². The lowest BCUT2D eigenvalue weighted by atomic mass is 10.1. The lowest BCUT2D eigenvalue weighted by Gasteiger charge is -2.24. The number of aryl methyl sites for hydroxylation is 1. The molecule has 2 N–H and O–H groups in total. The molecule has 2 heterocycles. The Morgan fingerprint density at radius 3 is 2.35 bits per heavy atom. The average molecular weight is 470 g/mol. The summed E-state index contributed by atoms with van der Waals surface area (Å²) in [6, 6.07) is 7.00.